The van der Waals surface area contributed by atoms with Gasteiger partial charge >= 0.3 is 0 Å². The average molecular weight is 536 g/mol. The Hall–Kier alpha value is -5.61. The Morgan fingerprint density at radius 3 is 2.21 bits per heavy atom. The molecule has 8 aromatic rings. The Morgan fingerprint density at radius 2 is 1.33 bits per heavy atom. The van der Waals surface area contributed by atoms with Gasteiger partial charge in [-0.05, 0) is 41.5 Å². The average Bonchev–Trinajstić information content (AvgIpc) is 3.68. The summed E-state index contributed by atoms with van der Waals surface area (Å²) < 4.78 is 4.87. The number of aromatic nitrogens is 2. The fraction of sp³-hybridized carbons (Fsp3) is 0.0263. The molecule has 2 aliphatic rings. The number of fused-ring (bicyclic) bond motifs is 11. The Labute approximate surface area is 241 Å². The molecule has 4 nitrogen and oxygen atoms in total. The van der Waals surface area contributed by atoms with Crippen LogP contribution in [0.4, 0.5) is 11.4 Å². The molecule has 0 radical (unpaired) electrons. The molecule has 42 heavy (non-hydrogen) atoms. The van der Waals surface area contributed by atoms with Crippen molar-refractivity contribution in [1.29, 1.82) is 0 Å². The van der Waals surface area contributed by atoms with E-state index >= 15 is 0 Å². The van der Waals surface area contributed by atoms with E-state index in [2.05, 4.69) is 130 Å². The Kier molecular flexibility index (Phi) is 4.21. The van der Waals surface area contributed by atoms with Crippen molar-refractivity contribution < 1.29 is 0 Å². The van der Waals surface area contributed by atoms with E-state index in [0.29, 0.717) is 0 Å². The van der Waals surface area contributed by atoms with Gasteiger partial charge < -0.3 is 14.5 Å². The summed E-state index contributed by atoms with van der Waals surface area (Å²) in [5.41, 5.74) is 12.5. The summed E-state index contributed by atoms with van der Waals surface area (Å²) in [7, 11) is 0. The first-order chi connectivity index (χ1) is 20.8. The minimum atomic E-state index is -0.193. The van der Waals surface area contributed by atoms with E-state index in [1.165, 1.54) is 60.3 Å². The van der Waals surface area contributed by atoms with Crippen molar-refractivity contribution in [3.05, 3.63) is 144 Å². The van der Waals surface area contributed by atoms with E-state index in [0.717, 1.165) is 22.8 Å². The predicted molar refractivity (Wildman–Crippen MR) is 174 cm³/mol. The third-order valence-corrected chi connectivity index (χ3v) is 8.98. The first kappa shape index (κ1) is 22.1. The van der Waals surface area contributed by atoms with Crippen LogP contribution in [0.1, 0.15) is 11.7 Å². The maximum atomic E-state index is 5.30. The van der Waals surface area contributed by atoms with Crippen molar-refractivity contribution in [3.8, 4) is 16.8 Å². The molecule has 0 aliphatic carbocycles. The number of benzene rings is 6. The Morgan fingerprint density at radius 1 is 0.571 bits per heavy atom. The zero-order chi connectivity index (χ0) is 27.4. The first-order valence-electron chi connectivity index (χ1n) is 14.4. The number of hydrogen-bond acceptors (Lipinski definition) is 1. The number of hydrogen-bond donors (Lipinski definition) is 0. The second kappa shape index (κ2) is 7.99. The summed E-state index contributed by atoms with van der Waals surface area (Å²) in [4.78, 5) is 5.16. The molecule has 0 bridgehead atoms. The number of rotatable bonds is 2. The summed E-state index contributed by atoms with van der Waals surface area (Å²) in [5.74, 6) is 0. The Bertz CT molecular complexity index is 2430. The minimum Gasteiger partial charge on any atom is -0.658 e. The van der Waals surface area contributed by atoms with E-state index < -0.39 is 0 Å². The van der Waals surface area contributed by atoms with Gasteiger partial charge in [0, 0.05) is 44.6 Å². The lowest BCUT2D eigenvalue weighted by Crippen LogP contribution is -2.14. The molecule has 10 rings (SSSR count). The second-order valence-electron chi connectivity index (χ2n) is 11.2. The van der Waals surface area contributed by atoms with Gasteiger partial charge in [0.05, 0.1) is 27.8 Å². The van der Waals surface area contributed by atoms with Crippen LogP contribution in [0.3, 0.4) is 0 Å². The maximum Gasteiger partial charge on any atom is 0.0585 e. The summed E-state index contributed by atoms with van der Waals surface area (Å²) in [5, 5.41) is 10.3. The van der Waals surface area contributed by atoms with E-state index in [1.54, 1.807) is 0 Å². The van der Waals surface area contributed by atoms with Crippen LogP contribution in [0, 0.1) is 0 Å². The molecule has 0 spiro atoms. The molecular weight excluding hydrogens is 512 g/mol. The maximum absolute atomic E-state index is 5.30. The molecule has 196 valence electrons. The molecule has 1 atom stereocenters. The molecule has 0 saturated heterocycles. The number of aliphatic imine (C=N–C) groups is 1. The van der Waals surface area contributed by atoms with Crippen molar-refractivity contribution >= 4 is 60.7 Å². The van der Waals surface area contributed by atoms with Gasteiger partial charge in [0.25, 0.3) is 0 Å². The van der Waals surface area contributed by atoms with Gasteiger partial charge in [-0.25, -0.2) is 0 Å². The Balaban J connectivity index is 1.36. The van der Waals surface area contributed by atoms with Gasteiger partial charge in [-0.2, -0.15) is 0 Å². The summed E-state index contributed by atoms with van der Waals surface area (Å²) in [6, 6.07) is 47.7. The van der Waals surface area contributed by atoms with Gasteiger partial charge in [0.1, 0.15) is 0 Å². The second-order valence-corrected chi connectivity index (χ2v) is 11.2. The van der Waals surface area contributed by atoms with Gasteiger partial charge in [0.2, 0.25) is 0 Å². The quantitative estimate of drug-likeness (QED) is 0.211. The van der Waals surface area contributed by atoms with E-state index in [1.807, 2.05) is 12.1 Å². The molecule has 0 N–H and O–H groups in total. The molecule has 0 saturated carbocycles. The lowest BCUT2D eigenvalue weighted by Gasteiger charge is -2.37. The van der Waals surface area contributed by atoms with Gasteiger partial charge in [-0.1, -0.05) is 103 Å². The summed E-state index contributed by atoms with van der Waals surface area (Å²) in [6.07, 6.45) is -0.193. The third kappa shape index (κ3) is 2.78. The highest BCUT2D eigenvalue weighted by molar-refractivity contribution is 6.31. The highest BCUT2D eigenvalue weighted by Gasteiger charge is 2.32. The lowest BCUT2D eigenvalue weighted by atomic mass is 10.0. The van der Waals surface area contributed by atoms with Gasteiger partial charge in [-0.3, -0.25) is 4.99 Å². The molecule has 4 heterocycles. The van der Waals surface area contributed by atoms with Crippen LogP contribution in [-0.4, -0.2) is 14.8 Å². The molecule has 2 aromatic heterocycles. The minimum absolute atomic E-state index is 0.193. The van der Waals surface area contributed by atoms with Crippen LogP contribution in [0.2, 0.25) is 0 Å². The van der Waals surface area contributed by atoms with Crippen molar-refractivity contribution in [3.63, 3.8) is 0 Å². The zero-order valence-corrected chi connectivity index (χ0v) is 22.6. The van der Waals surface area contributed by atoms with Crippen molar-refractivity contribution in [2.75, 3.05) is 0 Å². The normalized spacial score (nSPS) is 15.2. The van der Waals surface area contributed by atoms with Crippen LogP contribution in [-0.2, 0) is 0 Å². The predicted octanol–water partition coefficient (Wildman–Crippen LogP) is 10.2. The zero-order valence-electron chi connectivity index (χ0n) is 22.6. The molecule has 6 aromatic carbocycles. The molecule has 2 aliphatic heterocycles. The van der Waals surface area contributed by atoms with E-state index in [-0.39, 0.29) is 6.17 Å². The smallest absolute Gasteiger partial charge is 0.0585 e. The van der Waals surface area contributed by atoms with Crippen molar-refractivity contribution in [1.82, 2.24) is 9.13 Å². The van der Waals surface area contributed by atoms with Crippen molar-refractivity contribution in [2.45, 2.75) is 6.17 Å². The number of nitrogens with zero attached hydrogens (tertiary/aromatic N) is 4. The molecule has 4 heteroatoms. The summed E-state index contributed by atoms with van der Waals surface area (Å²) >= 11 is 0. The first-order valence-corrected chi connectivity index (χ1v) is 14.4. The lowest BCUT2D eigenvalue weighted by molar-refractivity contribution is 0.817. The fourth-order valence-corrected chi connectivity index (χ4v) is 7.23. The van der Waals surface area contributed by atoms with E-state index in [9.17, 15) is 0 Å². The molecule has 1 unspecified atom stereocenters. The largest absolute Gasteiger partial charge is 0.658 e. The third-order valence-electron chi connectivity index (χ3n) is 8.98. The van der Waals surface area contributed by atoms with Gasteiger partial charge in [0.15, 0.2) is 0 Å². The molecule has 0 amide bonds. The van der Waals surface area contributed by atoms with Crippen LogP contribution >= 0.6 is 0 Å². The van der Waals surface area contributed by atoms with Crippen LogP contribution in [0.5, 0.6) is 0 Å². The van der Waals surface area contributed by atoms with Crippen LogP contribution in [0.25, 0.3) is 65.7 Å². The topological polar surface area (TPSA) is 36.3 Å². The highest BCUT2D eigenvalue weighted by atomic mass is 15.2. The SMILES string of the molecule is c1ccc(-c2ccc3c4c(ccc5c6cccc7c6n(c54)C4[N-]c5ccccc5N=C74)n(-c4ccccc4)c3c2)cc1. The van der Waals surface area contributed by atoms with Crippen LogP contribution in [0.15, 0.2) is 138 Å². The van der Waals surface area contributed by atoms with Gasteiger partial charge in [-0.15, -0.1) is 5.69 Å². The highest BCUT2D eigenvalue weighted by Crippen LogP contribution is 2.52. The van der Waals surface area contributed by atoms with Crippen molar-refractivity contribution in [2.24, 2.45) is 4.99 Å². The number of para-hydroxylation sites is 4. The monoisotopic (exact) mass is 535 g/mol. The summed E-state index contributed by atoms with van der Waals surface area (Å²) in [6.45, 7) is 0. The molecule has 0 fully saturated rings. The van der Waals surface area contributed by atoms with E-state index in [4.69, 9.17) is 10.3 Å². The standard InChI is InChI=1S/C38H23N4/c1-3-10-23(11-4-1)24-18-19-28-33(22-24)41(25-12-5-2-6-13-25)32-21-20-27-26-14-9-15-29-35-38(42(36(26)29)37(27)34(28)32)40-31-17-8-7-16-30(31)39-35/h1-22,38H/q-1. The molecular formula is C38H23N4-. The fourth-order valence-electron chi connectivity index (χ4n) is 7.23. The van der Waals surface area contributed by atoms with Crippen LogP contribution < -0.4 is 0 Å².